The van der Waals surface area contributed by atoms with Gasteiger partial charge < -0.3 is 9.64 Å². The summed E-state index contributed by atoms with van der Waals surface area (Å²) in [5.74, 6) is 0.461. The molecule has 0 radical (unpaired) electrons. The lowest BCUT2D eigenvalue weighted by molar-refractivity contribution is -0.130. The van der Waals surface area contributed by atoms with Crippen molar-refractivity contribution in [1.29, 1.82) is 0 Å². The van der Waals surface area contributed by atoms with Crippen LogP contribution >= 0.6 is 0 Å². The molecular weight excluding hydrogens is 364 g/mol. The number of para-hydroxylation sites is 1. The van der Waals surface area contributed by atoms with Crippen LogP contribution in [0.3, 0.4) is 0 Å². The van der Waals surface area contributed by atoms with Crippen molar-refractivity contribution in [2.45, 2.75) is 13.0 Å². The molecule has 0 heterocycles. The van der Waals surface area contributed by atoms with E-state index in [2.05, 4.69) is 0 Å². The quantitative estimate of drug-likeness (QED) is 0.658. The first-order valence-corrected chi connectivity index (χ1v) is 10.5. The van der Waals surface area contributed by atoms with E-state index in [0.717, 1.165) is 17.4 Å². The van der Waals surface area contributed by atoms with E-state index >= 15 is 0 Å². The molecule has 0 aliphatic carbocycles. The molecule has 2 aromatic carbocycles. The van der Waals surface area contributed by atoms with E-state index in [1.54, 1.807) is 14.2 Å². The number of rotatable bonds is 9. The molecule has 6 nitrogen and oxygen atoms in total. The molecule has 27 heavy (non-hydrogen) atoms. The average molecular weight is 391 g/mol. The van der Waals surface area contributed by atoms with E-state index < -0.39 is 10.0 Å². The highest BCUT2D eigenvalue weighted by Crippen LogP contribution is 2.18. The maximum atomic E-state index is 12.5. The molecule has 1 amide bonds. The topological polar surface area (TPSA) is 66.9 Å². The molecule has 0 saturated heterocycles. The van der Waals surface area contributed by atoms with Crippen LogP contribution in [0.25, 0.3) is 0 Å². The van der Waals surface area contributed by atoms with Crippen molar-refractivity contribution < 1.29 is 17.9 Å². The number of carbonyl (C=O) groups excluding carboxylic acids is 1. The molecule has 7 heteroatoms. The maximum Gasteiger partial charge on any atom is 0.237 e. The molecule has 0 saturated carbocycles. The molecule has 0 aliphatic rings. The molecular formula is C20H26N2O4S. The van der Waals surface area contributed by atoms with Crippen LogP contribution in [-0.2, 0) is 27.8 Å². The van der Waals surface area contributed by atoms with E-state index in [4.69, 9.17) is 4.74 Å². The standard InChI is InChI=1S/C20H26N2O4S/c1-21(15-17-9-5-4-6-10-17)20(23)16-22(27(3,24)25)14-13-18-11-7-8-12-19(18)26-2/h4-12H,13-16H2,1-3H3. The van der Waals surface area contributed by atoms with Crippen molar-refractivity contribution in [2.24, 2.45) is 0 Å². The largest absolute Gasteiger partial charge is 0.496 e. The SMILES string of the molecule is COc1ccccc1CCN(CC(=O)N(C)Cc1ccccc1)S(C)(=O)=O. The lowest BCUT2D eigenvalue weighted by atomic mass is 10.1. The Morgan fingerprint density at radius 2 is 1.67 bits per heavy atom. The summed E-state index contributed by atoms with van der Waals surface area (Å²) in [6.07, 6.45) is 1.59. The average Bonchev–Trinajstić information content (AvgIpc) is 2.65. The summed E-state index contributed by atoms with van der Waals surface area (Å²) < 4.78 is 30.8. The van der Waals surface area contributed by atoms with E-state index in [1.165, 1.54) is 9.21 Å². The second kappa shape index (κ2) is 9.53. The number of methoxy groups -OCH3 is 1. The van der Waals surface area contributed by atoms with Crippen molar-refractivity contribution in [2.75, 3.05) is 33.5 Å². The first-order chi connectivity index (χ1) is 12.8. The number of nitrogens with zero attached hydrogens (tertiary/aromatic N) is 2. The summed E-state index contributed by atoms with van der Waals surface area (Å²) in [6.45, 7) is 0.464. The Morgan fingerprint density at radius 3 is 2.30 bits per heavy atom. The van der Waals surface area contributed by atoms with E-state index in [1.807, 2.05) is 54.6 Å². The van der Waals surface area contributed by atoms with Crippen molar-refractivity contribution in [3.63, 3.8) is 0 Å². The molecule has 0 spiro atoms. The second-order valence-electron chi connectivity index (χ2n) is 6.39. The predicted octanol–water partition coefficient (Wildman–Crippen LogP) is 2.16. The molecule has 0 atom stereocenters. The minimum Gasteiger partial charge on any atom is -0.496 e. The third kappa shape index (κ3) is 6.37. The van der Waals surface area contributed by atoms with Gasteiger partial charge in [-0.05, 0) is 23.6 Å². The zero-order chi connectivity index (χ0) is 19.9. The normalized spacial score (nSPS) is 11.4. The van der Waals surface area contributed by atoms with Gasteiger partial charge in [0.05, 0.1) is 19.9 Å². The number of amides is 1. The number of carbonyl (C=O) groups is 1. The lowest BCUT2D eigenvalue weighted by Crippen LogP contribution is -2.41. The van der Waals surface area contributed by atoms with Crippen LogP contribution in [0.5, 0.6) is 5.75 Å². The summed E-state index contributed by atoms with van der Waals surface area (Å²) in [6, 6.07) is 17.0. The zero-order valence-corrected chi connectivity index (χ0v) is 16.8. The van der Waals surface area contributed by atoms with E-state index in [9.17, 15) is 13.2 Å². The van der Waals surface area contributed by atoms with Crippen molar-refractivity contribution in [3.8, 4) is 5.75 Å². The first kappa shape index (κ1) is 20.9. The van der Waals surface area contributed by atoms with Crippen LogP contribution in [0.2, 0.25) is 0 Å². The minimum absolute atomic E-state index is 0.183. The van der Waals surface area contributed by atoms with Crippen LogP contribution in [-0.4, -0.2) is 57.0 Å². The smallest absolute Gasteiger partial charge is 0.237 e. The zero-order valence-electron chi connectivity index (χ0n) is 16.0. The highest BCUT2D eigenvalue weighted by molar-refractivity contribution is 7.88. The van der Waals surface area contributed by atoms with Crippen molar-refractivity contribution in [1.82, 2.24) is 9.21 Å². The number of benzene rings is 2. The summed E-state index contributed by atoms with van der Waals surface area (Å²) in [7, 11) is -0.256. The molecule has 0 aliphatic heterocycles. The summed E-state index contributed by atoms with van der Waals surface area (Å²) in [4.78, 5) is 14.1. The van der Waals surface area contributed by atoms with Gasteiger partial charge in [-0.1, -0.05) is 48.5 Å². The number of hydrogen-bond donors (Lipinski definition) is 0. The Bertz CT molecular complexity index is 853. The van der Waals surface area contributed by atoms with E-state index in [-0.39, 0.29) is 19.0 Å². The van der Waals surface area contributed by atoms with E-state index in [0.29, 0.717) is 18.7 Å². The first-order valence-electron chi connectivity index (χ1n) is 8.66. The van der Waals surface area contributed by atoms with Crippen LogP contribution in [0, 0.1) is 0 Å². The third-order valence-electron chi connectivity index (χ3n) is 4.29. The Labute approximate surface area is 161 Å². The van der Waals surface area contributed by atoms with Gasteiger partial charge in [-0.3, -0.25) is 4.79 Å². The van der Waals surface area contributed by atoms with Crippen LogP contribution in [0.15, 0.2) is 54.6 Å². The highest BCUT2D eigenvalue weighted by atomic mass is 32.2. The number of sulfonamides is 1. The molecule has 0 bridgehead atoms. The molecule has 0 aromatic heterocycles. The predicted molar refractivity (Wildman–Crippen MR) is 106 cm³/mol. The lowest BCUT2D eigenvalue weighted by Gasteiger charge is -2.24. The van der Waals surface area contributed by atoms with Gasteiger partial charge in [0, 0.05) is 20.1 Å². The highest BCUT2D eigenvalue weighted by Gasteiger charge is 2.22. The Kier molecular flexibility index (Phi) is 7.38. The number of likely N-dealkylation sites (N-methyl/N-ethyl adjacent to an activating group) is 1. The van der Waals surface area contributed by atoms with Crippen molar-refractivity contribution in [3.05, 3.63) is 65.7 Å². The van der Waals surface area contributed by atoms with Crippen molar-refractivity contribution >= 4 is 15.9 Å². The van der Waals surface area contributed by atoms with Gasteiger partial charge in [0.2, 0.25) is 15.9 Å². The second-order valence-corrected chi connectivity index (χ2v) is 8.38. The van der Waals surface area contributed by atoms with Crippen LogP contribution in [0.4, 0.5) is 0 Å². The molecule has 146 valence electrons. The molecule has 2 rings (SSSR count). The minimum atomic E-state index is -3.51. The maximum absolute atomic E-state index is 12.5. The third-order valence-corrected chi connectivity index (χ3v) is 5.54. The van der Waals surface area contributed by atoms with Gasteiger partial charge in [-0.2, -0.15) is 4.31 Å². The Balaban J connectivity index is 2.02. The molecule has 0 fully saturated rings. The summed E-state index contributed by atoms with van der Waals surface area (Å²) in [5.41, 5.74) is 1.90. The fraction of sp³-hybridized carbons (Fsp3) is 0.350. The molecule has 0 N–H and O–H groups in total. The Morgan fingerprint density at radius 1 is 1.04 bits per heavy atom. The van der Waals surface area contributed by atoms with Gasteiger partial charge >= 0.3 is 0 Å². The van der Waals surface area contributed by atoms with Gasteiger partial charge in [-0.25, -0.2) is 8.42 Å². The van der Waals surface area contributed by atoms with Gasteiger partial charge in [0.1, 0.15) is 5.75 Å². The van der Waals surface area contributed by atoms with Crippen LogP contribution < -0.4 is 4.74 Å². The molecule has 2 aromatic rings. The number of hydrogen-bond acceptors (Lipinski definition) is 4. The van der Waals surface area contributed by atoms with Gasteiger partial charge in [0.25, 0.3) is 0 Å². The van der Waals surface area contributed by atoms with Crippen LogP contribution in [0.1, 0.15) is 11.1 Å². The fourth-order valence-electron chi connectivity index (χ4n) is 2.73. The monoisotopic (exact) mass is 390 g/mol. The van der Waals surface area contributed by atoms with Gasteiger partial charge in [-0.15, -0.1) is 0 Å². The fourth-order valence-corrected chi connectivity index (χ4v) is 3.50. The summed E-state index contributed by atoms with van der Waals surface area (Å²) in [5, 5.41) is 0. The summed E-state index contributed by atoms with van der Waals surface area (Å²) >= 11 is 0. The molecule has 0 unspecified atom stereocenters. The van der Waals surface area contributed by atoms with Gasteiger partial charge in [0.15, 0.2) is 0 Å². The number of ether oxygens (including phenoxy) is 1. The Hall–Kier alpha value is -2.38.